The van der Waals surface area contributed by atoms with Crippen molar-refractivity contribution in [2.45, 2.75) is 6.61 Å². The van der Waals surface area contributed by atoms with E-state index in [4.69, 9.17) is 9.84 Å². The van der Waals surface area contributed by atoms with Crippen LogP contribution in [0.1, 0.15) is 26.4 Å². The van der Waals surface area contributed by atoms with Gasteiger partial charge >= 0.3 is 11.9 Å². The van der Waals surface area contributed by atoms with Crippen LogP contribution in [0.4, 0.5) is 0 Å². The van der Waals surface area contributed by atoms with Crippen molar-refractivity contribution in [3.05, 3.63) is 95.8 Å². The molecule has 2 aromatic heterocycles. The van der Waals surface area contributed by atoms with E-state index in [0.717, 1.165) is 16.4 Å². The molecule has 0 amide bonds. The summed E-state index contributed by atoms with van der Waals surface area (Å²) in [6.07, 6.45) is 1.15. The second-order valence-electron chi connectivity index (χ2n) is 6.60. The molecule has 4 rings (SSSR count). The monoisotopic (exact) mass is 415 g/mol. The van der Waals surface area contributed by atoms with Gasteiger partial charge in [0.25, 0.3) is 0 Å². The van der Waals surface area contributed by atoms with Gasteiger partial charge in [0.15, 0.2) is 11.5 Å². The summed E-state index contributed by atoms with van der Waals surface area (Å²) in [5.41, 5.74) is 1.49. The summed E-state index contributed by atoms with van der Waals surface area (Å²) in [7, 11) is 0. The van der Waals surface area contributed by atoms with Gasteiger partial charge in [-0.3, -0.25) is 0 Å². The number of carbonyl (C=O) groups is 2. The van der Waals surface area contributed by atoms with E-state index >= 15 is 0 Å². The molecule has 0 saturated heterocycles. The summed E-state index contributed by atoms with van der Waals surface area (Å²) in [6.45, 7) is 0.0487. The number of aromatic carboxylic acids is 1. The Hall–Kier alpha value is -4.46. The molecule has 0 spiro atoms. The number of hydrogen-bond acceptors (Lipinski definition) is 6. The molecule has 0 fully saturated rings. The molecule has 2 aromatic carbocycles. The summed E-state index contributed by atoms with van der Waals surface area (Å²) in [5, 5.41) is 24.1. The first-order chi connectivity index (χ1) is 15.0. The molecule has 0 saturated carbocycles. The average molecular weight is 415 g/mol. The van der Waals surface area contributed by atoms with Crippen LogP contribution >= 0.6 is 0 Å². The van der Waals surface area contributed by atoms with Gasteiger partial charge in [-0.15, -0.1) is 0 Å². The summed E-state index contributed by atoms with van der Waals surface area (Å²) in [4.78, 5) is 27.9. The first kappa shape index (κ1) is 19.8. The van der Waals surface area contributed by atoms with Crippen LogP contribution in [-0.2, 0) is 11.3 Å². The van der Waals surface area contributed by atoms with E-state index in [2.05, 4.69) is 10.1 Å². The molecule has 0 unspecified atom stereocenters. The van der Waals surface area contributed by atoms with Gasteiger partial charge in [-0.25, -0.2) is 14.6 Å². The van der Waals surface area contributed by atoms with E-state index in [1.165, 1.54) is 12.1 Å². The fraction of sp³-hybridized carbons (Fsp3) is 0.0435. The summed E-state index contributed by atoms with van der Waals surface area (Å²) < 4.78 is 6.48. The highest BCUT2D eigenvalue weighted by Gasteiger charge is 2.26. The molecule has 0 aliphatic rings. The SMILES string of the molecule is O=C(O)c1ccc(-n2nc(C(=O)OCc3ccccc3)c(-c3ccccc3)c2O)nc1. The Balaban J connectivity index is 1.73. The molecule has 2 N–H and O–H groups in total. The Bertz CT molecular complexity index is 1220. The molecule has 0 atom stereocenters. The summed E-state index contributed by atoms with van der Waals surface area (Å²) in [5.74, 6) is -1.99. The van der Waals surface area contributed by atoms with Crippen molar-refractivity contribution in [3.8, 4) is 22.8 Å². The zero-order valence-electron chi connectivity index (χ0n) is 16.2. The Morgan fingerprint density at radius 3 is 2.23 bits per heavy atom. The number of hydrogen-bond donors (Lipinski definition) is 2. The number of carbonyl (C=O) groups excluding carboxylic acids is 1. The molecule has 2 heterocycles. The Morgan fingerprint density at radius 2 is 1.61 bits per heavy atom. The molecule has 154 valence electrons. The molecule has 0 radical (unpaired) electrons. The van der Waals surface area contributed by atoms with Crippen molar-refractivity contribution in [1.29, 1.82) is 0 Å². The van der Waals surface area contributed by atoms with Gasteiger partial charge in [0.1, 0.15) is 6.61 Å². The van der Waals surface area contributed by atoms with Gasteiger partial charge in [-0.05, 0) is 23.3 Å². The smallest absolute Gasteiger partial charge is 0.360 e. The molecular formula is C23H17N3O5. The van der Waals surface area contributed by atoms with E-state index in [1.807, 2.05) is 36.4 Å². The lowest BCUT2D eigenvalue weighted by molar-refractivity contribution is 0.0465. The summed E-state index contributed by atoms with van der Waals surface area (Å²) in [6, 6.07) is 20.7. The van der Waals surface area contributed by atoms with Gasteiger partial charge < -0.3 is 14.9 Å². The lowest BCUT2D eigenvalue weighted by atomic mass is 10.1. The number of pyridine rings is 1. The van der Waals surface area contributed by atoms with Crippen molar-refractivity contribution in [2.24, 2.45) is 0 Å². The van der Waals surface area contributed by atoms with E-state index < -0.39 is 11.9 Å². The second kappa shape index (κ2) is 8.50. The molecular weight excluding hydrogens is 398 g/mol. The van der Waals surface area contributed by atoms with E-state index in [1.54, 1.807) is 24.3 Å². The lowest BCUT2D eigenvalue weighted by Gasteiger charge is -2.05. The lowest BCUT2D eigenvalue weighted by Crippen LogP contribution is -2.09. The number of aromatic nitrogens is 3. The number of rotatable bonds is 6. The maximum atomic E-state index is 12.8. The van der Waals surface area contributed by atoms with Crippen LogP contribution in [0.25, 0.3) is 16.9 Å². The fourth-order valence-corrected chi connectivity index (χ4v) is 3.01. The zero-order valence-corrected chi connectivity index (χ0v) is 16.2. The molecule has 0 bridgehead atoms. The van der Waals surface area contributed by atoms with Gasteiger partial charge in [0.2, 0.25) is 5.88 Å². The largest absolute Gasteiger partial charge is 0.493 e. The molecule has 31 heavy (non-hydrogen) atoms. The van der Waals surface area contributed by atoms with Crippen molar-refractivity contribution in [3.63, 3.8) is 0 Å². The van der Waals surface area contributed by atoms with Crippen LogP contribution in [0.15, 0.2) is 79.0 Å². The molecule has 0 aliphatic heterocycles. The average Bonchev–Trinajstić information content (AvgIpc) is 3.16. The van der Waals surface area contributed by atoms with Crippen LogP contribution in [0.2, 0.25) is 0 Å². The predicted molar refractivity (Wildman–Crippen MR) is 111 cm³/mol. The topological polar surface area (TPSA) is 115 Å². The van der Waals surface area contributed by atoms with Gasteiger partial charge in [-0.1, -0.05) is 60.7 Å². The standard InChI is InChI=1S/C23H17N3O5/c27-21-19(16-9-5-2-6-10-16)20(23(30)31-14-15-7-3-1-4-8-15)25-26(21)18-12-11-17(13-24-18)22(28)29/h1-13,27H,14H2,(H,28,29). The number of nitrogens with zero attached hydrogens (tertiary/aromatic N) is 3. The minimum absolute atomic E-state index is 0.0128. The van der Waals surface area contributed by atoms with Gasteiger partial charge in [0, 0.05) is 6.20 Å². The predicted octanol–water partition coefficient (Wildman–Crippen LogP) is 3.70. The highest BCUT2D eigenvalue weighted by Crippen LogP contribution is 2.34. The van der Waals surface area contributed by atoms with Gasteiger partial charge in [-0.2, -0.15) is 9.78 Å². The molecule has 8 heteroatoms. The van der Waals surface area contributed by atoms with Crippen LogP contribution in [0, 0.1) is 0 Å². The third kappa shape index (κ3) is 4.13. The Labute approximate surface area is 177 Å². The highest BCUT2D eigenvalue weighted by molar-refractivity contribution is 5.97. The van der Waals surface area contributed by atoms with Crippen LogP contribution in [0.5, 0.6) is 5.88 Å². The quantitative estimate of drug-likeness (QED) is 0.462. The first-order valence-electron chi connectivity index (χ1n) is 9.33. The summed E-state index contributed by atoms with van der Waals surface area (Å²) >= 11 is 0. The van der Waals surface area contributed by atoms with Gasteiger partial charge in [0.05, 0.1) is 11.1 Å². The highest BCUT2D eigenvalue weighted by atomic mass is 16.5. The van der Waals surface area contributed by atoms with E-state index in [9.17, 15) is 14.7 Å². The number of esters is 1. The van der Waals surface area contributed by atoms with Crippen LogP contribution in [-0.4, -0.2) is 36.9 Å². The molecule has 4 aromatic rings. The molecule has 8 nitrogen and oxygen atoms in total. The van der Waals surface area contributed by atoms with Crippen molar-refractivity contribution < 1.29 is 24.5 Å². The minimum atomic E-state index is -1.13. The third-order valence-corrected chi connectivity index (χ3v) is 4.54. The number of aromatic hydroxyl groups is 1. The van der Waals surface area contributed by atoms with Crippen LogP contribution in [0.3, 0.4) is 0 Å². The normalized spacial score (nSPS) is 10.6. The Kier molecular flexibility index (Phi) is 5.44. The third-order valence-electron chi connectivity index (χ3n) is 4.54. The number of ether oxygens (including phenoxy) is 1. The van der Waals surface area contributed by atoms with E-state index in [-0.39, 0.29) is 35.1 Å². The first-order valence-corrected chi connectivity index (χ1v) is 9.33. The second-order valence-corrected chi connectivity index (χ2v) is 6.60. The van der Waals surface area contributed by atoms with Crippen molar-refractivity contribution >= 4 is 11.9 Å². The number of carboxylic acids is 1. The van der Waals surface area contributed by atoms with Crippen molar-refractivity contribution in [1.82, 2.24) is 14.8 Å². The number of benzene rings is 2. The maximum absolute atomic E-state index is 12.8. The van der Waals surface area contributed by atoms with E-state index in [0.29, 0.717) is 5.56 Å². The maximum Gasteiger partial charge on any atom is 0.360 e. The zero-order chi connectivity index (χ0) is 21.8. The Morgan fingerprint density at radius 1 is 0.935 bits per heavy atom. The fourth-order valence-electron chi connectivity index (χ4n) is 3.01. The molecule has 0 aliphatic carbocycles. The minimum Gasteiger partial charge on any atom is -0.493 e. The number of carboxylic acid groups (broad SMARTS) is 1. The van der Waals surface area contributed by atoms with Crippen LogP contribution < -0.4 is 0 Å². The van der Waals surface area contributed by atoms with Crippen molar-refractivity contribution in [2.75, 3.05) is 0 Å².